The van der Waals surface area contributed by atoms with E-state index >= 15 is 0 Å². The van der Waals surface area contributed by atoms with Gasteiger partial charge in [0.2, 0.25) is 0 Å². The first kappa shape index (κ1) is 12.2. The molecule has 1 aromatic heterocycles. The first-order chi connectivity index (χ1) is 8.78. The van der Waals surface area contributed by atoms with E-state index in [0.29, 0.717) is 6.54 Å². The molecule has 3 rings (SSSR count). The van der Waals surface area contributed by atoms with Crippen LogP contribution in [0.1, 0.15) is 5.56 Å². The minimum atomic E-state index is -0.339. The van der Waals surface area contributed by atoms with Crippen LogP contribution >= 0.6 is 27.7 Å². The van der Waals surface area contributed by atoms with Gasteiger partial charge in [-0.15, -0.1) is 11.8 Å². The monoisotopic (exact) mass is 325 g/mol. The highest BCUT2D eigenvalue weighted by molar-refractivity contribution is 9.10. The van der Waals surface area contributed by atoms with E-state index in [1.165, 1.54) is 5.56 Å². The van der Waals surface area contributed by atoms with Crippen molar-refractivity contribution in [1.82, 2.24) is 14.8 Å². The van der Waals surface area contributed by atoms with E-state index in [1.807, 2.05) is 28.6 Å². The predicted octanol–water partition coefficient (Wildman–Crippen LogP) is 2.66. The highest BCUT2D eigenvalue weighted by Gasteiger charge is 2.38. The number of rotatable bonds is 3. The van der Waals surface area contributed by atoms with Crippen molar-refractivity contribution in [1.29, 1.82) is 0 Å². The van der Waals surface area contributed by atoms with Crippen molar-refractivity contribution >= 4 is 27.7 Å². The third-order valence-electron chi connectivity index (χ3n) is 2.87. The zero-order valence-electron chi connectivity index (χ0n) is 9.62. The normalized spacial score (nSPS) is 23.4. The molecule has 1 saturated heterocycles. The van der Waals surface area contributed by atoms with Gasteiger partial charge >= 0.3 is 0 Å². The van der Waals surface area contributed by atoms with E-state index in [-0.39, 0.29) is 4.93 Å². The number of ether oxygens (including phenoxy) is 1. The Morgan fingerprint density at radius 3 is 2.83 bits per heavy atom. The van der Waals surface area contributed by atoms with Crippen molar-refractivity contribution in [3.63, 3.8) is 0 Å². The molecule has 1 aliphatic heterocycles. The summed E-state index contributed by atoms with van der Waals surface area (Å²) in [6.07, 6.45) is 3.28. The average molecular weight is 326 g/mol. The second-order valence-electron chi connectivity index (χ2n) is 4.05. The largest absolute Gasteiger partial charge is 0.357 e. The summed E-state index contributed by atoms with van der Waals surface area (Å²) in [5.41, 5.74) is 1.17. The van der Waals surface area contributed by atoms with Crippen molar-refractivity contribution in [2.75, 3.05) is 12.4 Å². The molecule has 0 saturated carbocycles. The van der Waals surface area contributed by atoms with Crippen LogP contribution in [-0.4, -0.2) is 27.1 Å². The highest BCUT2D eigenvalue weighted by Crippen LogP contribution is 2.43. The number of hydrogen-bond donors (Lipinski definition) is 0. The van der Waals surface area contributed by atoms with Gasteiger partial charge in [0, 0.05) is 10.2 Å². The minimum absolute atomic E-state index is 0.339. The molecule has 1 aliphatic rings. The highest BCUT2D eigenvalue weighted by atomic mass is 79.9. The van der Waals surface area contributed by atoms with Crippen molar-refractivity contribution < 1.29 is 4.74 Å². The van der Waals surface area contributed by atoms with Gasteiger partial charge in [0.25, 0.3) is 0 Å². The van der Waals surface area contributed by atoms with Crippen LogP contribution in [0, 0.1) is 0 Å². The Balaban J connectivity index is 1.93. The predicted molar refractivity (Wildman–Crippen MR) is 74.3 cm³/mol. The molecule has 2 heterocycles. The average Bonchev–Trinajstić information content (AvgIpc) is 3.03. The number of nitrogens with zero attached hydrogens (tertiary/aromatic N) is 3. The van der Waals surface area contributed by atoms with Crippen LogP contribution in [0.2, 0.25) is 0 Å². The molecule has 1 atom stereocenters. The molecule has 0 N–H and O–H groups in total. The summed E-state index contributed by atoms with van der Waals surface area (Å²) in [5.74, 6) is 1.00. The van der Waals surface area contributed by atoms with Crippen LogP contribution in [0.5, 0.6) is 0 Å². The number of aromatic nitrogens is 3. The standard InChI is InChI=1S/C12H12BrN3OS/c13-11-3-1-10(2-4-11)12(17-5-6-18-12)7-16-9-14-8-15-16/h1-4,8-9H,5-7H2. The number of halogens is 1. The molecular weight excluding hydrogens is 314 g/mol. The van der Waals surface area contributed by atoms with Crippen molar-refractivity contribution in [3.8, 4) is 0 Å². The maximum Gasteiger partial charge on any atom is 0.158 e. The van der Waals surface area contributed by atoms with Gasteiger partial charge in [-0.2, -0.15) is 5.10 Å². The Hall–Kier alpha value is -0.850. The van der Waals surface area contributed by atoms with Gasteiger partial charge in [0.15, 0.2) is 4.93 Å². The SMILES string of the molecule is Brc1ccc(C2(Cn3cncn3)OCCS2)cc1. The molecule has 94 valence electrons. The van der Waals surface area contributed by atoms with Gasteiger partial charge in [0.05, 0.1) is 13.2 Å². The van der Waals surface area contributed by atoms with Gasteiger partial charge < -0.3 is 4.74 Å². The fourth-order valence-electron chi connectivity index (χ4n) is 2.04. The molecule has 1 unspecified atom stereocenters. The molecule has 0 spiro atoms. The third-order valence-corrected chi connectivity index (χ3v) is 4.72. The third kappa shape index (κ3) is 2.32. The Labute approximate surface area is 118 Å². The minimum Gasteiger partial charge on any atom is -0.357 e. The summed E-state index contributed by atoms with van der Waals surface area (Å²) >= 11 is 5.28. The Morgan fingerprint density at radius 2 is 2.22 bits per heavy atom. The van der Waals surface area contributed by atoms with Crippen LogP contribution in [0.4, 0.5) is 0 Å². The summed E-state index contributed by atoms with van der Waals surface area (Å²) in [5, 5.41) is 4.17. The summed E-state index contributed by atoms with van der Waals surface area (Å²) < 4.78 is 8.89. The second-order valence-corrected chi connectivity index (χ2v) is 6.32. The summed E-state index contributed by atoms with van der Waals surface area (Å²) in [6.45, 7) is 1.45. The molecule has 0 bridgehead atoms. The van der Waals surface area contributed by atoms with Crippen molar-refractivity contribution in [2.24, 2.45) is 0 Å². The van der Waals surface area contributed by atoms with E-state index in [4.69, 9.17) is 4.74 Å². The maximum atomic E-state index is 6.00. The lowest BCUT2D eigenvalue weighted by Crippen LogP contribution is -2.28. The zero-order chi connectivity index (χ0) is 12.4. The van der Waals surface area contributed by atoms with Crippen LogP contribution < -0.4 is 0 Å². The number of hydrogen-bond acceptors (Lipinski definition) is 4. The van der Waals surface area contributed by atoms with E-state index in [0.717, 1.165) is 16.8 Å². The summed E-state index contributed by atoms with van der Waals surface area (Å²) in [7, 11) is 0. The van der Waals surface area contributed by atoms with Crippen LogP contribution in [-0.2, 0) is 16.2 Å². The molecule has 2 aromatic rings. The molecule has 0 aliphatic carbocycles. The Morgan fingerprint density at radius 1 is 1.39 bits per heavy atom. The first-order valence-electron chi connectivity index (χ1n) is 5.65. The summed E-state index contributed by atoms with van der Waals surface area (Å²) in [4.78, 5) is 3.64. The van der Waals surface area contributed by atoms with Crippen LogP contribution in [0.3, 0.4) is 0 Å². The first-order valence-corrected chi connectivity index (χ1v) is 7.43. The van der Waals surface area contributed by atoms with Gasteiger partial charge in [-0.1, -0.05) is 28.1 Å². The topological polar surface area (TPSA) is 39.9 Å². The lowest BCUT2D eigenvalue weighted by Gasteiger charge is -2.27. The lowest BCUT2D eigenvalue weighted by atomic mass is 10.1. The number of benzene rings is 1. The van der Waals surface area contributed by atoms with Crippen molar-refractivity contribution in [2.45, 2.75) is 11.5 Å². The van der Waals surface area contributed by atoms with Crippen molar-refractivity contribution in [3.05, 3.63) is 47.0 Å². The molecule has 6 heteroatoms. The smallest absolute Gasteiger partial charge is 0.158 e. The maximum absolute atomic E-state index is 6.00. The fraction of sp³-hybridized carbons (Fsp3) is 0.333. The quantitative estimate of drug-likeness (QED) is 0.869. The molecule has 18 heavy (non-hydrogen) atoms. The Kier molecular flexibility index (Phi) is 3.41. The van der Waals surface area contributed by atoms with E-state index in [1.54, 1.807) is 12.7 Å². The molecular formula is C12H12BrN3OS. The van der Waals surface area contributed by atoms with E-state index in [9.17, 15) is 0 Å². The van der Waals surface area contributed by atoms with E-state index in [2.05, 4.69) is 38.1 Å². The number of thioether (sulfide) groups is 1. The van der Waals surface area contributed by atoms with Gasteiger partial charge in [-0.3, -0.25) is 0 Å². The molecule has 0 radical (unpaired) electrons. The lowest BCUT2D eigenvalue weighted by molar-refractivity contribution is 0.0330. The van der Waals surface area contributed by atoms with Crippen LogP contribution in [0.15, 0.2) is 41.4 Å². The second kappa shape index (κ2) is 5.03. The molecule has 0 amide bonds. The zero-order valence-corrected chi connectivity index (χ0v) is 12.0. The fourth-order valence-corrected chi connectivity index (χ4v) is 3.49. The van der Waals surface area contributed by atoms with Gasteiger partial charge in [-0.25, -0.2) is 9.67 Å². The molecule has 1 aromatic carbocycles. The molecule has 4 nitrogen and oxygen atoms in total. The molecule has 1 fully saturated rings. The van der Waals surface area contributed by atoms with Gasteiger partial charge in [-0.05, 0) is 17.7 Å². The van der Waals surface area contributed by atoms with E-state index < -0.39 is 0 Å². The van der Waals surface area contributed by atoms with Crippen LogP contribution in [0.25, 0.3) is 0 Å². The summed E-state index contributed by atoms with van der Waals surface area (Å²) in [6, 6.07) is 8.28. The Bertz CT molecular complexity index is 509. The van der Waals surface area contributed by atoms with Gasteiger partial charge in [0.1, 0.15) is 12.7 Å².